The van der Waals surface area contributed by atoms with Gasteiger partial charge in [0.25, 0.3) is 0 Å². The molecule has 0 aliphatic rings. The summed E-state index contributed by atoms with van der Waals surface area (Å²) in [6, 6.07) is 2.90. The van der Waals surface area contributed by atoms with E-state index in [1.807, 2.05) is 0 Å². The summed E-state index contributed by atoms with van der Waals surface area (Å²) in [5.41, 5.74) is 6.02. The van der Waals surface area contributed by atoms with Crippen molar-refractivity contribution in [2.24, 2.45) is 0 Å². The van der Waals surface area contributed by atoms with E-state index in [1.54, 1.807) is 7.11 Å². The van der Waals surface area contributed by atoms with E-state index in [2.05, 4.69) is 0 Å². The molecule has 0 bridgehead atoms. The topological polar surface area (TPSA) is 61.5 Å². The van der Waals surface area contributed by atoms with E-state index in [9.17, 15) is 4.79 Å². The van der Waals surface area contributed by atoms with Crippen LogP contribution in [0.1, 0.15) is 16.8 Å². The van der Waals surface area contributed by atoms with E-state index >= 15 is 0 Å². The van der Waals surface area contributed by atoms with Gasteiger partial charge in [-0.05, 0) is 12.1 Å². The van der Waals surface area contributed by atoms with Crippen molar-refractivity contribution < 1.29 is 14.3 Å². The molecule has 94 valence electrons. The van der Waals surface area contributed by atoms with Crippen molar-refractivity contribution in [3.8, 4) is 0 Å². The largest absolute Gasteiger partial charge is 0.462 e. The van der Waals surface area contributed by atoms with Crippen LogP contribution in [0.5, 0.6) is 0 Å². The average Bonchev–Trinajstić information content (AvgIpc) is 2.29. The second-order valence-corrected chi connectivity index (χ2v) is 4.17. The molecule has 0 heterocycles. The number of hydrogen-bond donors (Lipinski definition) is 1. The van der Waals surface area contributed by atoms with E-state index < -0.39 is 5.97 Å². The van der Waals surface area contributed by atoms with Crippen LogP contribution in [0.4, 0.5) is 5.69 Å². The summed E-state index contributed by atoms with van der Waals surface area (Å²) in [6.07, 6.45) is 0.621. The number of hydrogen-bond acceptors (Lipinski definition) is 4. The molecule has 17 heavy (non-hydrogen) atoms. The first kappa shape index (κ1) is 14.1. The molecule has 0 aliphatic carbocycles. The third-order valence-electron chi connectivity index (χ3n) is 2.04. The molecule has 0 saturated heterocycles. The van der Waals surface area contributed by atoms with Crippen molar-refractivity contribution in [2.45, 2.75) is 6.42 Å². The lowest BCUT2D eigenvalue weighted by Gasteiger charge is -2.08. The fourth-order valence-electron chi connectivity index (χ4n) is 1.20. The highest BCUT2D eigenvalue weighted by atomic mass is 35.5. The molecule has 0 unspecified atom stereocenters. The number of nitrogen functional groups attached to an aromatic ring is 1. The summed E-state index contributed by atoms with van der Waals surface area (Å²) in [6.45, 7) is 0.787. The van der Waals surface area contributed by atoms with Gasteiger partial charge in [0.05, 0.1) is 22.9 Å². The van der Waals surface area contributed by atoms with Gasteiger partial charge in [-0.1, -0.05) is 23.2 Å². The second kappa shape index (κ2) is 6.69. The lowest BCUT2D eigenvalue weighted by Crippen LogP contribution is -2.10. The molecular formula is C11H13Cl2NO3. The van der Waals surface area contributed by atoms with Crippen molar-refractivity contribution in [3.63, 3.8) is 0 Å². The van der Waals surface area contributed by atoms with Crippen LogP contribution in [0.3, 0.4) is 0 Å². The maximum Gasteiger partial charge on any atom is 0.340 e. The van der Waals surface area contributed by atoms with Crippen LogP contribution in [0.25, 0.3) is 0 Å². The van der Waals surface area contributed by atoms with Crippen LogP contribution in [-0.2, 0) is 9.47 Å². The molecule has 0 aliphatic heterocycles. The number of halogens is 2. The molecular weight excluding hydrogens is 265 g/mol. The number of ether oxygens (including phenoxy) is 2. The van der Waals surface area contributed by atoms with Gasteiger partial charge in [-0.3, -0.25) is 0 Å². The standard InChI is InChI=1S/C11H13Cl2NO3/c1-16-3-2-4-17-11(15)8-5-7(12)6-9(13)10(8)14/h5-6H,2-4,14H2,1H3. The Kier molecular flexibility index (Phi) is 5.55. The van der Waals surface area contributed by atoms with Crippen LogP contribution in [0.2, 0.25) is 10.0 Å². The molecule has 1 aromatic carbocycles. The molecule has 1 aromatic rings. The Morgan fingerprint density at radius 2 is 2.06 bits per heavy atom. The van der Waals surface area contributed by atoms with Gasteiger partial charge in [0.2, 0.25) is 0 Å². The maximum absolute atomic E-state index is 11.7. The first-order valence-electron chi connectivity index (χ1n) is 4.97. The fourth-order valence-corrected chi connectivity index (χ4v) is 1.69. The summed E-state index contributed by atoms with van der Waals surface area (Å²) >= 11 is 11.6. The summed E-state index contributed by atoms with van der Waals surface area (Å²) in [7, 11) is 1.58. The van der Waals surface area contributed by atoms with Crippen LogP contribution in [0.15, 0.2) is 12.1 Å². The number of esters is 1. The molecule has 1 rings (SSSR count). The minimum Gasteiger partial charge on any atom is -0.462 e. The monoisotopic (exact) mass is 277 g/mol. The second-order valence-electron chi connectivity index (χ2n) is 3.33. The highest BCUT2D eigenvalue weighted by Gasteiger charge is 2.14. The molecule has 6 heteroatoms. The van der Waals surface area contributed by atoms with Crippen molar-refractivity contribution in [2.75, 3.05) is 26.1 Å². The zero-order valence-corrected chi connectivity index (χ0v) is 10.8. The number of rotatable bonds is 5. The third-order valence-corrected chi connectivity index (χ3v) is 2.57. The average molecular weight is 278 g/mol. The normalized spacial score (nSPS) is 10.3. The van der Waals surface area contributed by atoms with Crippen LogP contribution < -0.4 is 5.73 Å². The van der Waals surface area contributed by atoms with Gasteiger partial charge in [0, 0.05) is 25.2 Å². The fraction of sp³-hybridized carbons (Fsp3) is 0.364. The molecule has 0 radical (unpaired) electrons. The Morgan fingerprint density at radius 3 is 2.71 bits per heavy atom. The molecule has 0 saturated carbocycles. The predicted octanol–water partition coefficient (Wildman–Crippen LogP) is 2.77. The van der Waals surface area contributed by atoms with E-state index in [0.29, 0.717) is 18.1 Å². The van der Waals surface area contributed by atoms with Gasteiger partial charge in [-0.15, -0.1) is 0 Å². The minimum absolute atomic E-state index is 0.174. The van der Waals surface area contributed by atoms with Gasteiger partial charge < -0.3 is 15.2 Å². The summed E-state index contributed by atoms with van der Waals surface area (Å²) < 4.78 is 9.84. The predicted molar refractivity (Wildman–Crippen MR) is 67.6 cm³/mol. The Bertz CT molecular complexity index is 410. The van der Waals surface area contributed by atoms with Gasteiger partial charge in [-0.25, -0.2) is 4.79 Å². The molecule has 0 fully saturated rings. The third kappa shape index (κ3) is 4.07. The van der Waals surface area contributed by atoms with Crippen molar-refractivity contribution in [1.29, 1.82) is 0 Å². The number of anilines is 1. The van der Waals surface area contributed by atoms with Gasteiger partial charge in [0.15, 0.2) is 0 Å². The SMILES string of the molecule is COCCCOC(=O)c1cc(Cl)cc(Cl)c1N. The molecule has 0 amide bonds. The number of nitrogens with two attached hydrogens (primary N) is 1. The zero-order valence-electron chi connectivity index (χ0n) is 9.33. The Labute approximate surface area is 110 Å². The van der Waals surface area contributed by atoms with Crippen LogP contribution in [-0.4, -0.2) is 26.3 Å². The van der Waals surface area contributed by atoms with Crippen molar-refractivity contribution in [3.05, 3.63) is 27.7 Å². The number of benzene rings is 1. The van der Waals surface area contributed by atoms with Crippen molar-refractivity contribution >= 4 is 34.9 Å². The minimum atomic E-state index is -0.539. The van der Waals surface area contributed by atoms with Crippen molar-refractivity contribution in [1.82, 2.24) is 0 Å². The maximum atomic E-state index is 11.7. The number of carbonyl (C=O) groups is 1. The summed E-state index contributed by atoms with van der Waals surface area (Å²) in [5.74, 6) is -0.539. The van der Waals surface area contributed by atoms with Crippen LogP contribution in [0, 0.1) is 0 Å². The molecule has 0 aromatic heterocycles. The van der Waals surface area contributed by atoms with E-state index in [4.69, 9.17) is 38.4 Å². The molecule has 4 nitrogen and oxygen atoms in total. The number of carbonyl (C=O) groups excluding carboxylic acids is 1. The highest BCUT2D eigenvalue weighted by molar-refractivity contribution is 6.37. The lowest BCUT2D eigenvalue weighted by atomic mass is 10.2. The Balaban J connectivity index is 2.69. The summed E-state index contributed by atoms with van der Waals surface area (Å²) in [5, 5.41) is 0.578. The Hall–Kier alpha value is -0.970. The first-order valence-corrected chi connectivity index (χ1v) is 5.72. The summed E-state index contributed by atoms with van der Waals surface area (Å²) in [4.78, 5) is 11.7. The molecule has 0 spiro atoms. The van der Waals surface area contributed by atoms with E-state index in [0.717, 1.165) is 0 Å². The zero-order chi connectivity index (χ0) is 12.8. The Morgan fingerprint density at radius 1 is 1.35 bits per heavy atom. The van der Waals surface area contributed by atoms with Crippen LogP contribution >= 0.6 is 23.2 Å². The van der Waals surface area contributed by atoms with Gasteiger partial charge in [0.1, 0.15) is 0 Å². The van der Waals surface area contributed by atoms with E-state index in [-0.39, 0.29) is 22.9 Å². The quantitative estimate of drug-likeness (QED) is 0.511. The lowest BCUT2D eigenvalue weighted by molar-refractivity contribution is 0.0469. The van der Waals surface area contributed by atoms with Gasteiger partial charge in [-0.2, -0.15) is 0 Å². The smallest absolute Gasteiger partial charge is 0.340 e. The number of methoxy groups -OCH3 is 1. The first-order chi connectivity index (χ1) is 8.06. The molecule has 2 N–H and O–H groups in total. The van der Waals surface area contributed by atoms with E-state index in [1.165, 1.54) is 12.1 Å². The highest BCUT2D eigenvalue weighted by Crippen LogP contribution is 2.27. The van der Waals surface area contributed by atoms with Gasteiger partial charge >= 0.3 is 5.97 Å². The molecule has 0 atom stereocenters.